The van der Waals surface area contributed by atoms with Crippen LogP contribution in [0.5, 0.6) is 0 Å². The highest BCUT2D eigenvalue weighted by molar-refractivity contribution is 7.89. The van der Waals surface area contributed by atoms with Gasteiger partial charge in [0.05, 0.1) is 11.3 Å². The van der Waals surface area contributed by atoms with Crippen LogP contribution in [0.1, 0.15) is 11.5 Å². The molecule has 0 saturated heterocycles. The van der Waals surface area contributed by atoms with Gasteiger partial charge in [0.1, 0.15) is 10.8 Å². The third kappa shape index (κ3) is 2.61. The van der Waals surface area contributed by atoms with Crippen LogP contribution in [-0.2, 0) is 15.6 Å². The molecule has 92 valence electrons. The van der Waals surface area contributed by atoms with E-state index in [0.29, 0.717) is 16.3 Å². The molecule has 0 spiro atoms. The number of nitrogen functional groups attached to an aromatic ring is 1. The lowest BCUT2D eigenvalue weighted by Crippen LogP contribution is -2.02. The number of rotatable bonds is 3. The van der Waals surface area contributed by atoms with E-state index in [0.717, 1.165) is 17.8 Å². The van der Waals surface area contributed by atoms with Gasteiger partial charge in [-0.3, -0.25) is 0 Å². The van der Waals surface area contributed by atoms with Gasteiger partial charge >= 0.3 is 0 Å². The second-order valence-electron chi connectivity index (χ2n) is 3.59. The molecule has 2 heterocycles. The summed E-state index contributed by atoms with van der Waals surface area (Å²) in [6.07, 6.45) is 1.11. The minimum Gasteiger partial charge on any atom is -0.389 e. The highest BCUT2D eigenvalue weighted by Crippen LogP contribution is 2.30. The van der Waals surface area contributed by atoms with Gasteiger partial charge in [-0.05, 0) is 18.5 Å². The van der Waals surface area contributed by atoms with E-state index in [9.17, 15) is 8.42 Å². The number of hydrogen-bond donors (Lipinski definition) is 1. The van der Waals surface area contributed by atoms with Crippen molar-refractivity contribution >= 4 is 26.4 Å². The summed E-state index contributed by atoms with van der Waals surface area (Å²) in [5.74, 6) is 0.0624. The van der Waals surface area contributed by atoms with E-state index in [1.165, 1.54) is 0 Å². The van der Waals surface area contributed by atoms with Crippen molar-refractivity contribution in [3.8, 4) is 11.5 Å². The molecule has 17 heavy (non-hydrogen) atoms. The molecule has 0 aromatic carbocycles. The highest BCUT2D eigenvalue weighted by Gasteiger charge is 2.18. The van der Waals surface area contributed by atoms with Crippen LogP contribution in [0.2, 0.25) is 0 Å². The van der Waals surface area contributed by atoms with Gasteiger partial charge in [-0.15, -0.1) is 0 Å². The minimum absolute atomic E-state index is 0.118. The summed E-state index contributed by atoms with van der Waals surface area (Å²) in [6.45, 7) is 1.77. The molecule has 0 bridgehead atoms. The lowest BCUT2D eigenvalue weighted by atomic mass is 10.2. The maximum Gasteiger partial charge on any atom is 0.262 e. The lowest BCUT2D eigenvalue weighted by molar-refractivity contribution is 0.424. The van der Waals surface area contributed by atoms with Gasteiger partial charge in [-0.25, -0.2) is 8.42 Å². The maximum absolute atomic E-state index is 11.1. The van der Waals surface area contributed by atoms with E-state index in [1.807, 2.05) is 0 Å². The fourth-order valence-electron chi connectivity index (χ4n) is 1.30. The molecule has 0 radical (unpaired) electrons. The Balaban J connectivity index is 2.37. The molecule has 7 nitrogen and oxygen atoms in total. The number of aromatic nitrogens is 3. The Morgan fingerprint density at radius 3 is 2.71 bits per heavy atom. The van der Waals surface area contributed by atoms with Crippen molar-refractivity contribution in [3.05, 3.63) is 11.5 Å². The molecule has 0 aliphatic heterocycles. The van der Waals surface area contributed by atoms with Crippen molar-refractivity contribution in [2.45, 2.75) is 12.7 Å². The molecule has 9 heteroatoms. The molecule has 2 aromatic heterocycles. The Labute approximate surface area is 102 Å². The van der Waals surface area contributed by atoms with Gasteiger partial charge < -0.3 is 10.3 Å². The maximum atomic E-state index is 11.1. The van der Waals surface area contributed by atoms with Crippen molar-refractivity contribution in [2.75, 3.05) is 12.0 Å². The van der Waals surface area contributed by atoms with Gasteiger partial charge in [0.15, 0.2) is 15.7 Å². The molecule has 0 fully saturated rings. The number of sulfone groups is 1. The summed E-state index contributed by atoms with van der Waals surface area (Å²) in [6, 6.07) is 0. The third-order valence-corrected chi connectivity index (χ3v) is 3.51. The van der Waals surface area contributed by atoms with Crippen LogP contribution >= 0.6 is 11.5 Å². The molecule has 0 amide bonds. The molecular weight excluding hydrogens is 264 g/mol. The molecule has 0 saturated carbocycles. The summed E-state index contributed by atoms with van der Waals surface area (Å²) in [5, 5.41) is 4.07. The van der Waals surface area contributed by atoms with Gasteiger partial charge in [-0.2, -0.15) is 9.36 Å². The Bertz CT molecular complexity index is 624. The minimum atomic E-state index is -3.18. The number of aryl methyl sites for hydroxylation is 1. The fourth-order valence-corrected chi connectivity index (χ4v) is 2.54. The number of anilines is 1. The first-order valence-corrected chi connectivity index (χ1v) is 7.42. The van der Waals surface area contributed by atoms with Crippen LogP contribution in [-0.4, -0.2) is 29.2 Å². The van der Waals surface area contributed by atoms with Crippen molar-refractivity contribution < 1.29 is 12.9 Å². The van der Waals surface area contributed by atoms with Gasteiger partial charge in [0.25, 0.3) is 5.89 Å². The normalized spacial score (nSPS) is 11.9. The Morgan fingerprint density at radius 2 is 2.18 bits per heavy atom. The van der Waals surface area contributed by atoms with E-state index in [1.54, 1.807) is 6.92 Å². The lowest BCUT2D eigenvalue weighted by Gasteiger charge is -1.91. The van der Waals surface area contributed by atoms with E-state index in [4.69, 9.17) is 10.3 Å². The molecule has 2 N–H and O–H groups in total. The van der Waals surface area contributed by atoms with Crippen LogP contribution in [0.4, 0.5) is 5.00 Å². The number of nitrogens with two attached hydrogens (primary N) is 1. The topological polar surface area (TPSA) is 112 Å². The molecule has 0 aliphatic rings. The summed E-state index contributed by atoms with van der Waals surface area (Å²) in [7, 11) is -3.18. The largest absolute Gasteiger partial charge is 0.389 e. The summed E-state index contributed by atoms with van der Waals surface area (Å²) in [4.78, 5) is 3.99. The number of hydrogen-bond acceptors (Lipinski definition) is 8. The van der Waals surface area contributed by atoms with Gasteiger partial charge in [-0.1, -0.05) is 5.16 Å². The second kappa shape index (κ2) is 4.08. The van der Waals surface area contributed by atoms with E-state index in [2.05, 4.69) is 14.5 Å². The van der Waals surface area contributed by atoms with E-state index >= 15 is 0 Å². The standard InChI is InChI=1S/C8H10N4O3S2/c1-4-6(7(9)16-12-4)8-10-5(11-15-8)3-17(2,13)14/h3,9H2,1-2H3. The SMILES string of the molecule is Cc1nsc(N)c1-c1nc(CS(C)(=O)=O)no1. The molecule has 0 atom stereocenters. The Hall–Kier alpha value is -1.48. The average Bonchev–Trinajstić information content (AvgIpc) is 2.71. The van der Waals surface area contributed by atoms with Crippen LogP contribution in [0.3, 0.4) is 0 Å². The Kier molecular flexibility index (Phi) is 2.87. The molecule has 0 unspecified atom stereocenters. The van der Waals surface area contributed by atoms with Gasteiger partial charge in [0, 0.05) is 6.26 Å². The summed E-state index contributed by atoms with van der Waals surface area (Å²) >= 11 is 1.13. The quantitative estimate of drug-likeness (QED) is 0.873. The second-order valence-corrected chi connectivity index (χ2v) is 6.54. The predicted octanol–water partition coefficient (Wildman–Crippen LogP) is 0.628. The van der Waals surface area contributed by atoms with Crippen molar-refractivity contribution in [1.82, 2.24) is 14.5 Å². The van der Waals surface area contributed by atoms with Crippen molar-refractivity contribution in [2.24, 2.45) is 0 Å². The smallest absolute Gasteiger partial charge is 0.262 e. The summed E-state index contributed by atoms with van der Waals surface area (Å²) < 4.78 is 31.2. The van der Waals surface area contributed by atoms with Crippen molar-refractivity contribution in [1.29, 1.82) is 0 Å². The first-order valence-electron chi connectivity index (χ1n) is 4.59. The molecular formula is C8H10N4O3S2. The first kappa shape index (κ1) is 12.0. The van der Waals surface area contributed by atoms with Crippen LogP contribution in [0.15, 0.2) is 4.52 Å². The van der Waals surface area contributed by atoms with Crippen molar-refractivity contribution in [3.63, 3.8) is 0 Å². The number of nitrogens with zero attached hydrogens (tertiary/aromatic N) is 3. The van der Waals surface area contributed by atoms with Crippen LogP contribution in [0.25, 0.3) is 11.5 Å². The predicted molar refractivity (Wildman–Crippen MR) is 63.1 cm³/mol. The first-order chi connectivity index (χ1) is 7.87. The Morgan fingerprint density at radius 1 is 1.47 bits per heavy atom. The zero-order valence-electron chi connectivity index (χ0n) is 9.17. The molecule has 2 rings (SSSR count). The van der Waals surface area contributed by atoms with E-state index < -0.39 is 9.84 Å². The zero-order chi connectivity index (χ0) is 12.6. The van der Waals surface area contributed by atoms with Crippen LogP contribution < -0.4 is 5.73 Å². The van der Waals surface area contributed by atoms with E-state index in [-0.39, 0.29) is 17.5 Å². The zero-order valence-corrected chi connectivity index (χ0v) is 10.8. The van der Waals surface area contributed by atoms with Gasteiger partial charge in [0.2, 0.25) is 0 Å². The molecule has 2 aromatic rings. The monoisotopic (exact) mass is 274 g/mol. The van der Waals surface area contributed by atoms with Crippen LogP contribution in [0, 0.1) is 6.92 Å². The average molecular weight is 274 g/mol. The fraction of sp³-hybridized carbons (Fsp3) is 0.375. The third-order valence-electron chi connectivity index (χ3n) is 1.96. The summed E-state index contributed by atoms with van der Waals surface area (Å²) in [5.41, 5.74) is 6.97. The highest BCUT2D eigenvalue weighted by atomic mass is 32.2. The molecule has 0 aliphatic carbocycles.